The number of aliphatic hydroxyl groups excluding tert-OH is 1. The minimum atomic E-state index is -0.723. The summed E-state index contributed by atoms with van der Waals surface area (Å²) in [5.41, 5.74) is 4.99. The molecule has 5 aromatic rings. The Morgan fingerprint density at radius 2 is 1.85 bits per heavy atom. The van der Waals surface area contributed by atoms with Crippen molar-refractivity contribution in [2.45, 2.75) is 26.9 Å². The van der Waals surface area contributed by atoms with E-state index in [4.69, 9.17) is 4.98 Å². The molecule has 0 radical (unpaired) electrons. The third-order valence-electron chi connectivity index (χ3n) is 5.39. The fourth-order valence-corrected chi connectivity index (χ4v) is 3.64. The molecule has 4 heterocycles. The number of nitrogens with one attached hydrogen (secondary N) is 1. The van der Waals surface area contributed by atoms with Crippen molar-refractivity contribution in [3.05, 3.63) is 77.5 Å². The molecule has 34 heavy (non-hydrogen) atoms. The summed E-state index contributed by atoms with van der Waals surface area (Å²) in [6, 6.07) is 16.8. The average Bonchev–Trinajstić information content (AvgIpc) is 3.43. The zero-order chi connectivity index (χ0) is 23.8. The summed E-state index contributed by atoms with van der Waals surface area (Å²) in [6.07, 6.45) is 0.966. The van der Waals surface area contributed by atoms with Gasteiger partial charge in [0.05, 0.1) is 22.8 Å². The lowest BCUT2D eigenvalue weighted by Crippen LogP contribution is -2.08. The van der Waals surface area contributed by atoms with E-state index in [9.17, 15) is 10.4 Å². The molecule has 1 unspecified atom stereocenters. The van der Waals surface area contributed by atoms with Gasteiger partial charge in [0.1, 0.15) is 18.2 Å². The van der Waals surface area contributed by atoms with E-state index in [-0.39, 0.29) is 0 Å². The van der Waals surface area contributed by atoms with Crippen LogP contribution in [0.1, 0.15) is 35.7 Å². The Kier molecular flexibility index (Phi) is 5.24. The molecule has 0 fully saturated rings. The fraction of sp³-hybridized carbons (Fsp3) is 0.167. The number of rotatable bonds is 5. The first-order valence-electron chi connectivity index (χ1n) is 10.6. The molecule has 1 aromatic carbocycles. The molecule has 0 amide bonds. The first-order chi connectivity index (χ1) is 16.4. The topological polar surface area (TPSA) is 130 Å². The van der Waals surface area contributed by atoms with Crippen LogP contribution >= 0.6 is 0 Å². The van der Waals surface area contributed by atoms with E-state index in [2.05, 4.69) is 31.7 Å². The van der Waals surface area contributed by atoms with Gasteiger partial charge in [-0.2, -0.15) is 15.5 Å². The summed E-state index contributed by atoms with van der Waals surface area (Å²) in [6.45, 7) is 5.43. The van der Waals surface area contributed by atoms with Gasteiger partial charge in [-0.25, -0.2) is 14.6 Å². The second kappa shape index (κ2) is 8.38. The molecule has 0 aliphatic rings. The molecule has 10 heteroatoms. The molecule has 0 saturated carbocycles. The second-order valence-corrected chi connectivity index (χ2v) is 7.99. The molecular formula is C24H21N9O. The highest BCUT2D eigenvalue weighted by Crippen LogP contribution is 2.26. The maximum atomic E-state index is 10.3. The zero-order valence-electron chi connectivity index (χ0n) is 18.8. The number of anilines is 2. The van der Waals surface area contributed by atoms with E-state index in [1.165, 1.54) is 0 Å². The van der Waals surface area contributed by atoms with Gasteiger partial charge in [0.15, 0.2) is 17.3 Å². The maximum absolute atomic E-state index is 10.3. The third-order valence-corrected chi connectivity index (χ3v) is 5.39. The van der Waals surface area contributed by atoms with Crippen LogP contribution in [0.3, 0.4) is 0 Å². The number of aryl methyl sites for hydroxylation is 2. The maximum Gasteiger partial charge on any atom is 0.163 e. The van der Waals surface area contributed by atoms with Crippen molar-refractivity contribution in [1.82, 2.24) is 34.5 Å². The van der Waals surface area contributed by atoms with E-state index >= 15 is 0 Å². The molecule has 10 nitrogen and oxygen atoms in total. The second-order valence-electron chi connectivity index (χ2n) is 7.99. The minimum Gasteiger partial charge on any atom is -0.389 e. The molecule has 0 aliphatic heterocycles. The van der Waals surface area contributed by atoms with Crippen LogP contribution in [0.15, 0.2) is 54.9 Å². The van der Waals surface area contributed by atoms with Crippen molar-refractivity contribution in [3.8, 4) is 17.7 Å². The van der Waals surface area contributed by atoms with Gasteiger partial charge in [0, 0.05) is 11.4 Å². The standard InChI is InChI=1S/C24H21N9O/c1-14-4-7-22(30-29-14)27-18-5-6-20-21(11-18)32(13-26-20)23-9-17(16(3)34)10-24(28-23)33-15(2)8-19(12-25)31-33/h4-11,13,16,34H,1-3H3,(H,27,30). The van der Waals surface area contributed by atoms with Crippen molar-refractivity contribution in [3.63, 3.8) is 0 Å². The van der Waals surface area contributed by atoms with Gasteiger partial charge in [-0.15, -0.1) is 5.10 Å². The van der Waals surface area contributed by atoms with Crippen LogP contribution < -0.4 is 5.32 Å². The van der Waals surface area contributed by atoms with Crippen LogP contribution in [0.5, 0.6) is 0 Å². The number of nitriles is 1. The van der Waals surface area contributed by atoms with Crippen molar-refractivity contribution in [1.29, 1.82) is 5.26 Å². The molecular weight excluding hydrogens is 430 g/mol. The zero-order valence-corrected chi connectivity index (χ0v) is 18.8. The van der Waals surface area contributed by atoms with Crippen LogP contribution in [0.4, 0.5) is 11.5 Å². The predicted molar refractivity (Wildman–Crippen MR) is 126 cm³/mol. The van der Waals surface area contributed by atoms with Crippen LogP contribution in [0.25, 0.3) is 22.7 Å². The number of fused-ring (bicyclic) bond motifs is 1. The number of hydrogen-bond donors (Lipinski definition) is 2. The number of benzene rings is 1. The van der Waals surface area contributed by atoms with E-state index in [0.29, 0.717) is 28.7 Å². The summed E-state index contributed by atoms with van der Waals surface area (Å²) < 4.78 is 3.44. The van der Waals surface area contributed by atoms with Crippen LogP contribution in [-0.2, 0) is 0 Å². The predicted octanol–water partition coefficient (Wildman–Crippen LogP) is 3.68. The first-order valence-corrected chi connectivity index (χ1v) is 10.6. The first kappa shape index (κ1) is 21.2. The minimum absolute atomic E-state index is 0.298. The molecule has 5 rings (SSSR count). The number of hydrogen-bond acceptors (Lipinski definition) is 8. The number of pyridine rings is 1. The van der Waals surface area contributed by atoms with Crippen molar-refractivity contribution in [2.75, 3.05) is 5.32 Å². The molecule has 0 bridgehead atoms. The van der Waals surface area contributed by atoms with E-state index in [0.717, 1.165) is 28.1 Å². The van der Waals surface area contributed by atoms with Crippen LogP contribution in [-0.4, -0.2) is 39.6 Å². The molecule has 0 spiro atoms. The Morgan fingerprint density at radius 3 is 2.56 bits per heavy atom. The van der Waals surface area contributed by atoms with Crippen molar-refractivity contribution >= 4 is 22.5 Å². The van der Waals surface area contributed by atoms with Crippen LogP contribution in [0, 0.1) is 25.2 Å². The Bertz CT molecular complexity index is 1540. The van der Waals surface area contributed by atoms with Gasteiger partial charge >= 0.3 is 0 Å². The number of aromatic nitrogens is 7. The molecule has 4 aromatic heterocycles. The molecule has 168 valence electrons. The Morgan fingerprint density at radius 1 is 1.03 bits per heavy atom. The van der Waals surface area contributed by atoms with E-state index in [1.54, 1.807) is 30.1 Å². The summed E-state index contributed by atoms with van der Waals surface area (Å²) in [5, 5.41) is 35.4. The summed E-state index contributed by atoms with van der Waals surface area (Å²) in [7, 11) is 0. The highest BCUT2D eigenvalue weighted by atomic mass is 16.3. The van der Waals surface area contributed by atoms with Crippen molar-refractivity contribution in [2.24, 2.45) is 0 Å². The van der Waals surface area contributed by atoms with Crippen molar-refractivity contribution < 1.29 is 5.11 Å². The highest BCUT2D eigenvalue weighted by molar-refractivity contribution is 5.82. The number of imidazole rings is 1. The largest absolute Gasteiger partial charge is 0.389 e. The fourth-order valence-electron chi connectivity index (χ4n) is 3.64. The Balaban J connectivity index is 1.61. The lowest BCUT2D eigenvalue weighted by atomic mass is 10.1. The monoisotopic (exact) mass is 451 g/mol. The Hall–Kier alpha value is -4.62. The van der Waals surface area contributed by atoms with Gasteiger partial charge in [-0.3, -0.25) is 4.57 Å². The molecule has 2 N–H and O–H groups in total. The lowest BCUT2D eigenvalue weighted by molar-refractivity contribution is 0.199. The summed E-state index contributed by atoms with van der Waals surface area (Å²) in [4.78, 5) is 9.28. The van der Waals surface area contributed by atoms with Gasteiger partial charge < -0.3 is 10.4 Å². The van der Waals surface area contributed by atoms with E-state index < -0.39 is 6.10 Å². The molecule has 0 saturated heterocycles. The molecule has 1 atom stereocenters. The SMILES string of the molecule is Cc1ccc(Nc2ccc3ncn(-c4cc(C(C)O)cc(-n5nc(C#N)cc5C)n4)c3c2)nn1. The number of nitrogens with zero attached hydrogens (tertiary/aromatic N) is 8. The average molecular weight is 451 g/mol. The van der Waals surface area contributed by atoms with Gasteiger partial charge in [0.25, 0.3) is 0 Å². The van der Waals surface area contributed by atoms with Gasteiger partial charge in [0.2, 0.25) is 0 Å². The third kappa shape index (κ3) is 3.96. The normalized spacial score (nSPS) is 12.0. The van der Waals surface area contributed by atoms with Gasteiger partial charge in [-0.1, -0.05) is 0 Å². The number of aliphatic hydroxyl groups is 1. The summed E-state index contributed by atoms with van der Waals surface area (Å²) >= 11 is 0. The molecule has 0 aliphatic carbocycles. The lowest BCUT2D eigenvalue weighted by Gasteiger charge is -2.13. The Labute approximate surface area is 195 Å². The van der Waals surface area contributed by atoms with E-state index in [1.807, 2.05) is 54.8 Å². The smallest absolute Gasteiger partial charge is 0.163 e. The van der Waals surface area contributed by atoms with Crippen LogP contribution in [0.2, 0.25) is 0 Å². The summed E-state index contributed by atoms with van der Waals surface area (Å²) in [5.74, 6) is 1.70. The highest BCUT2D eigenvalue weighted by Gasteiger charge is 2.15. The quantitative estimate of drug-likeness (QED) is 0.414. The van der Waals surface area contributed by atoms with Gasteiger partial charge in [-0.05, 0) is 74.9 Å².